The maximum Gasteiger partial charge on any atom is 0.253 e. The van der Waals surface area contributed by atoms with E-state index >= 15 is 0 Å². The van der Waals surface area contributed by atoms with E-state index in [-0.39, 0.29) is 5.56 Å². The molecular formula is C19H25N3OS. The molecule has 0 bridgehead atoms. The molecule has 0 fully saturated rings. The molecule has 5 heteroatoms. The maximum atomic E-state index is 12.0. The van der Waals surface area contributed by atoms with Crippen LogP contribution in [0.1, 0.15) is 42.1 Å². The summed E-state index contributed by atoms with van der Waals surface area (Å²) in [5, 5.41) is 6.76. The summed E-state index contributed by atoms with van der Waals surface area (Å²) in [7, 11) is 0. The molecule has 2 aromatic rings. The number of aromatic amines is 1. The Hall–Kier alpha value is -2.14. The fourth-order valence-electron chi connectivity index (χ4n) is 2.58. The van der Waals surface area contributed by atoms with Crippen molar-refractivity contribution in [3.63, 3.8) is 0 Å². The lowest BCUT2D eigenvalue weighted by atomic mass is 10.1. The van der Waals surface area contributed by atoms with Crippen molar-refractivity contribution in [3.05, 3.63) is 63.1 Å². The van der Waals surface area contributed by atoms with E-state index < -0.39 is 0 Å². The Balaban J connectivity index is 1.91. The van der Waals surface area contributed by atoms with Gasteiger partial charge in [0.25, 0.3) is 5.56 Å². The summed E-state index contributed by atoms with van der Waals surface area (Å²) in [5.74, 6) is 0. The van der Waals surface area contributed by atoms with Gasteiger partial charge in [-0.2, -0.15) is 0 Å². The normalized spacial score (nSPS) is 10.5. The van der Waals surface area contributed by atoms with Crippen molar-refractivity contribution in [2.45, 2.75) is 46.6 Å². The summed E-state index contributed by atoms with van der Waals surface area (Å²) >= 11 is 5.32. The Labute approximate surface area is 148 Å². The molecular weight excluding hydrogens is 318 g/mol. The molecule has 24 heavy (non-hydrogen) atoms. The average Bonchev–Trinajstić information content (AvgIpc) is 2.53. The SMILES string of the molecule is CCCCc1ccc(NC(=S)NCc2c(C)cc(C)[nH]c2=O)cc1. The van der Waals surface area contributed by atoms with E-state index in [4.69, 9.17) is 12.2 Å². The number of aromatic nitrogens is 1. The van der Waals surface area contributed by atoms with Crippen LogP contribution >= 0.6 is 12.2 Å². The van der Waals surface area contributed by atoms with Crippen molar-refractivity contribution in [1.82, 2.24) is 10.3 Å². The summed E-state index contributed by atoms with van der Waals surface area (Å²) in [6.45, 7) is 6.41. The fraction of sp³-hybridized carbons (Fsp3) is 0.368. The van der Waals surface area contributed by atoms with Gasteiger partial charge in [0.15, 0.2) is 5.11 Å². The van der Waals surface area contributed by atoms with Gasteiger partial charge < -0.3 is 15.6 Å². The highest BCUT2D eigenvalue weighted by atomic mass is 32.1. The molecule has 1 heterocycles. The number of rotatable bonds is 6. The van der Waals surface area contributed by atoms with Crippen LogP contribution < -0.4 is 16.2 Å². The second-order valence-corrected chi connectivity index (χ2v) is 6.46. The summed E-state index contributed by atoms with van der Waals surface area (Å²) in [4.78, 5) is 14.8. The number of hydrogen-bond acceptors (Lipinski definition) is 2. The lowest BCUT2D eigenvalue weighted by molar-refractivity contribution is 0.795. The Bertz CT molecular complexity index is 750. The van der Waals surface area contributed by atoms with Crippen LogP contribution in [0, 0.1) is 13.8 Å². The highest BCUT2D eigenvalue weighted by Gasteiger charge is 2.06. The largest absolute Gasteiger partial charge is 0.358 e. The molecule has 0 aliphatic rings. The molecule has 0 aliphatic heterocycles. The predicted octanol–water partition coefficient (Wildman–Crippen LogP) is 3.82. The number of hydrogen-bond donors (Lipinski definition) is 3. The number of pyridine rings is 1. The van der Waals surface area contributed by atoms with Gasteiger partial charge in [-0.05, 0) is 68.2 Å². The van der Waals surface area contributed by atoms with Crippen LogP contribution in [0.4, 0.5) is 5.69 Å². The van der Waals surface area contributed by atoms with E-state index in [1.54, 1.807) is 0 Å². The van der Waals surface area contributed by atoms with Crippen molar-refractivity contribution in [3.8, 4) is 0 Å². The number of unbranched alkanes of at least 4 members (excludes halogenated alkanes) is 1. The lowest BCUT2D eigenvalue weighted by Gasteiger charge is -2.12. The molecule has 3 N–H and O–H groups in total. The second kappa shape index (κ2) is 8.64. The molecule has 2 rings (SSSR count). The summed E-state index contributed by atoms with van der Waals surface area (Å²) in [5.41, 5.74) is 4.75. The summed E-state index contributed by atoms with van der Waals surface area (Å²) in [6, 6.07) is 10.3. The number of thiocarbonyl (C=S) groups is 1. The standard InChI is InChI=1S/C19H25N3OS/c1-4-5-6-15-7-9-16(10-8-15)22-19(24)20-12-17-13(2)11-14(3)21-18(17)23/h7-11H,4-6,12H2,1-3H3,(H,21,23)(H2,20,22,24). The van der Waals surface area contributed by atoms with Crippen LogP contribution in [0.25, 0.3) is 0 Å². The van der Waals surface area contributed by atoms with Crippen molar-refractivity contribution >= 4 is 23.0 Å². The Morgan fingerprint density at radius 3 is 2.54 bits per heavy atom. The zero-order chi connectivity index (χ0) is 17.5. The van der Waals surface area contributed by atoms with Crippen LogP contribution in [0.15, 0.2) is 35.1 Å². The molecule has 0 amide bonds. The number of benzene rings is 1. The topological polar surface area (TPSA) is 56.9 Å². The van der Waals surface area contributed by atoms with Gasteiger partial charge in [0.1, 0.15) is 0 Å². The van der Waals surface area contributed by atoms with Gasteiger partial charge in [0, 0.05) is 23.5 Å². The smallest absolute Gasteiger partial charge is 0.253 e. The van der Waals surface area contributed by atoms with Crippen molar-refractivity contribution < 1.29 is 0 Å². The van der Waals surface area contributed by atoms with Crippen LogP contribution in [0.3, 0.4) is 0 Å². The molecule has 0 saturated heterocycles. The monoisotopic (exact) mass is 343 g/mol. The maximum absolute atomic E-state index is 12.0. The summed E-state index contributed by atoms with van der Waals surface area (Å²) < 4.78 is 0. The molecule has 1 aromatic heterocycles. The zero-order valence-corrected chi connectivity index (χ0v) is 15.3. The molecule has 0 aliphatic carbocycles. The Morgan fingerprint density at radius 1 is 1.21 bits per heavy atom. The molecule has 0 radical (unpaired) electrons. The minimum atomic E-state index is -0.0666. The van der Waals surface area contributed by atoms with E-state index in [0.717, 1.165) is 23.4 Å². The first-order chi connectivity index (χ1) is 11.5. The van der Waals surface area contributed by atoms with E-state index in [2.05, 4.69) is 34.7 Å². The quantitative estimate of drug-likeness (QED) is 0.698. The minimum Gasteiger partial charge on any atom is -0.358 e. The lowest BCUT2D eigenvalue weighted by Crippen LogP contribution is -2.31. The number of anilines is 1. The number of H-pyrrole nitrogens is 1. The first kappa shape index (κ1) is 18.2. The van der Waals surface area contributed by atoms with Gasteiger partial charge in [-0.3, -0.25) is 4.79 Å². The summed E-state index contributed by atoms with van der Waals surface area (Å²) in [6.07, 6.45) is 3.51. The molecule has 0 spiro atoms. The van der Waals surface area contributed by atoms with Crippen LogP contribution in [-0.2, 0) is 13.0 Å². The molecule has 1 aromatic carbocycles. The zero-order valence-electron chi connectivity index (χ0n) is 14.5. The predicted molar refractivity (Wildman–Crippen MR) is 105 cm³/mol. The van der Waals surface area contributed by atoms with Gasteiger partial charge in [0.2, 0.25) is 0 Å². The van der Waals surface area contributed by atoms with Crippen molar-refractivity contribution in [1.29, 1.82) is 0 Å². The fourth-order valence-corrected chi connectivity index (χ4v) is 2.77. The van der Waals surface area contributed by atoms with E-state index in [1.165, 1.54) is 18.4 Å². The van der Waals surface area contributed by atoms with Crippen LogP contribution in [-0.4, -0.2) is 10.1 Å². The van der Waals surface area contributed by atoms with Crippen LogP contribution in [0.5, 0.6) is 0 Å². The number of nitrogens with one attached hydrogen (secondary N) is 3. The highest BCUT2D eigenvalue weighted by Crippen LogP contribution is 2.12. The molecule has 128 valence electrons. The van der Waals surface area contributed by atoms with Gasteiger partial charge in [-0.15, -0.1) is 0 Å². The first-order valence-electron chi connectivity index (χ1n) is 8.32. The van der Waals surface area contributed by atoms with Gasteiger partial charge in [-0.1, -0.05) is 25.5 Å². The van der Waals surface area contributed by atoms with Gasteiger partial charge in [-0.25, -0.2) is 0 Å². The van der Waals surface area contributed by atoms with Crippen molar-refractivity contribution in [2.75, 3.05) is 5.32 Å². The minimum absolute atomic E-state index is 0.0666. The highest BCUT2D eigenvalue weighted by molar-refractivity contribution is 7.80. The third-order valence-corrected chi connectivity index (χ3v) is 4.20. The first-order valence-corrected chi connectivity index (χ1v) is 8.73. The third kappa shape index (κ3) is 5.20. The van der Waals surface area contributed by atoms with E-state index in [9.17, 15) is 4.79 Å². The average molecular weight is 343 g/mol. The van der Waals surface area contributed by atoms with Crippen LogP contribution in [0.2, 0.25) is 0 Å². The Kier molecular flexibility index (Phi) is 6.55. The Morgan fingerprint density at radius 2 is 1.92 bits per heavy atom. The molecule has 0 saturated carbocycles. The van der Waals surface area contributed by atoms with E-state index in [0.29, 0.717) is 17.2 Å². The van der Waals surface area contributed by atoms with E-state index in [1.807, 2.05) is 32.0 Å². The second-order valence-electron chi connectivity index (χ2n) is 6.05. The van der Waals surface area contributed by atoms with Crippen molar-refractivity contribution in [2.24, 2.45) is 0 Å². The van der Waals surface area contributed by atoms with Gasteiger partial charge >= 0.3 is 0 Å². The molecule has 0 unspecified atom stereocenters. The van der Waals surface area contributed by atoms with Gasteiger partial charge in [0.05, 0.1) is 0 Å². The number of aryl methyl sites for hydroxylation is 3. The third-order valence-electron chi connectivity index (χ3n) is 3.95. The molecule has 4 nitrogen and oxygen atoms in total. The molecule has 0 atom stereocenters.